The molecule has 0 spiro atoms. The molecule has 0 aliphatic heterocycles. The molecule has 17 heavy (non-hydrogen) atoms. The minimum Gasteiger partial charge on any atom is -0.309 e. The molecule has 0 bridgehead atoms. The molecule has 90 valence electrons. The summed E-state index contributed by atoms with van der Waals surface area (Å²) < 4.78 is 1.83. The van der Waals surface area contributed by atoms with Crippen molar-refractivity contribution in [3.8, 4) is 0 Å². The third-order valence-electron chi connectivity index (χ3n) is 2.80. The van der Waals surface area contributed by atoms with E-state index in [9.17, 15) is 0 Å². The van der Waals surface area contributed by atoms with E-state index in [4.69, 9.17) is 0 Å². The summed E-state index contributed by atoms with van der Waals surface area (Å²) in [6.07, 6.45) is 6.04. The maximum Gasteiger partial charge on any atom is 0.0605 e. The van der Waals surface area contributed by atoms with Crippen molar-refractivity contribution in [2.75, 3.05) is 13.3 Å². The second kappa shape index (κ2) is 5.38. The van der Waals surface area contributed by atoms with Crippen molar-refractivity contribution in [1.82, 2.24) is 15.1 Å². The molecule has 0 saturated heterocycles. The van der Waals surface area contributed by atoms with Gasteiger partial charge in [-0.3, -0.25) is 4.68 Å². The van der Waals surface area contributed by atoms with Crippen LogP contribution in [0.4, 0.5) is 0 Å². The van der Waals surface area contributed by atoms with Gasteiger partial charge in [-0.1, -0.05) is 12.1 Å². The van der Waals surface area contributed by atoms with Crippen LogP contribution in [0.15, 0.2) is 41.6 Å². The first-order valence-corrected chi connectivity index (χ1v) is 6.77. The minimum absolute atomic E-state index is 0.208. The van der Waals surface area contributed by atoms with E-state index < -0.39 is 0 Å². The number of hydrogen-bond donors (Lipinski definition) is 1. The van der Waals surface area contributed by atoms with E-state index in [0.717, 1.165) is 0 Å². The Morgan fingerprint density at radius 2 is 1.94 bits per heavy atom. The molecule has 0 fully saturated rings. The topological polar surface area (TPSA) is 29.9 Å². The molecule has 1 aromatic heterocycles. The van der Waals surface area contributed by atoms with Crippen LogP contribution in [0.25, 0.3) is 0 Å². The van der Waals surface area contributed by atoms with Gasteiger partial charge in [-0.05, 0) is 31.0 Å². The highest BCUT2D eigenvalue weighted by Gasteiger charge is 2.13. The summed E-state index contributed by atoms with van der Waals surface area (Å²) in [5.41, 5.74) is 2.45. The lowest BCUT2D eigenvalue weighted by Gasteiger charge is -2.15. The summed E-state index contributed by atoms with van der Waals surface area (Å²) in [6.45, 7) is 0. The van der Waals surface area contributed by atoms with Crippen LogP contribution in [0.2, 0.25) is 0 Å². The van der Waals surface area contributed by atoms with Crippen molar-refractivity contribution in [2.24, 2.45) is 7.05 Å². The van der Waals surface area contributed by atoms with Gasteiger partial charge in [0.2, 0.25) is 0 Å². The molecule has 1 unspecified atom stereocenters. The highest BCUT2D eigenvalue weighted by atomic mass is 32.2. The fraction of sp³-hybridized carbons (Fsp3) is 0.308. The fourth-order valence-corrected chi connectivity index (χ4v) is 2.32. The van der Waals surface area contributed by atoms with Crippen LogP contribution >= 0.6 is 11.8 Å². The van der Waals surface area contributed by atoms with E-state index in [2.05, 4.69) is 40.9 Å². The van der Waals surface area contributed by atoms with E-state index in [-0.39, 0.29) is 6.04 Å². The van der Waals surface area contributed by atoms with Crippen molar-refractivity contribution >= 4 is 11.8 Å². The lowest BCUT2D eigenvalue weighted by atomic mass is 10.0. The molecule has 2 rings (SSSR count). The van der Waals surface area contributed by atoms with E-state index in [1.165, 1.54) is 16.0 Å². The maximum absolute atomic E-state index is 4.22. The molecule has 0 radical (unpaired) electrons. The van der Waals surface area contributed by atoms with Crippen molar-refractivity contribution in [3.05, 3.63) is 47.8 Å². The molecular weight excluding hydrogens is 230 g/mol. The summed E-state index contributed by atoms with van der Waals surface area (Å²) >= 11 is 1.76. The summed E-state index contributed by atoms with van der Waals surface area (Å²) in [5.74, 6) is 0. The average molecular weight is 247 g/mol. The van der Waals surface area contributed by atoms with Crippen LogP contribution in [-0.2, 0) is 7.05 Å². The van der Waals surface area contributed by atoms with Crippen molar-refractivity contribution in [2.45, 2.75) is 10.9 Å². The van der Waals surface area contributed by atoms with Gasteiger partial charge in [-0.2, -0.15) is 5.10 Å². The molecule has 0 aliphatic carbocycles. The number of hydrogen-bond acceptors (Lipinski definition) is 3. The Bertz CT molecular complexity index is 476. The van der Waals surface area contributed by atoms with Crippen LogP contribution in [0.3, 0.4) is 0 Å². The Balaban J connectivity index is 2.28. The van der Waals surface area contributed by atoms with Gasteiger partial charge in [0.25, 0.3) is 0 Å². The first kappa shape index (κ1) is 12.2. The smallest absolute Gasteiger partial charge is 0.0605 e. The van der Waals surface area contributed by atoms with E-state index in [1.807, 2.05) is 31.2 Å². The lowest BCUT2D eigenvalue weighted by Crippen LogP contribution is -2.17. The first-order valence-electron chi connectivity index (χ1n) is 5.54. The van der Waals surface area contributed by atoms with Crippen molar-refractivity contribution < 1.29 is 0 Å². The van der Waals surface area contributed by atoms with Gasteiger partial charge >= 0.3 is 0 Å². The monoisotopic (exact) mass is 247 g/mol. The molecule has 3 nitrogen and oxygen atoms in total. The predicted octanol–water partition coefficient (Wildman–Crippen LogP) is 2.45. The molecular formula is C13H17N3S. The molecule has 0 saturated carbocycles. The van der Waals surface area contributed by atoms with Crippen LogP contribution in [0.5, 0.6) is 0 Å². The number of benzene rings is 1. The Hall–Kier alpha value is -1.26. The summed E-state index contributed by atoms with van der Waals surface area (Å²) in [6, 6.07) is 8.85. The summed E-state index contributed by atoms with van der Waals surface area (Å²) in [5, 5.41) is 7.54. The molecule has 1 aromatic carbocycles. The number of rotatable bonds is 4. The molecule has 2 aromatic rings. The molecule has 1 heterocycles. The second-order valence-corrected chi connectivity index (χ2v) is 4.82. The highest BCUT2D eigenvalue weighted by molar-refractivity contribution is 7.98. The minimum atomic E-state index is 0.208. The zero-order valence-corrected chi connectivity index (χ0v) is 11.2. The van der Waals surface area contributed by atoms with Crippen molar-refractivity contribution in [1.29, 1.82) is 0 Å². The van der Waals surface area contributed by atoms with Gasteiger partial charge in [0.1, 0.15) is 0 Å². The van der Waals surface area contributed by atoms with Gasteiger partial charge in [-0.25, -0.2) is 0 Å². The van der Waals surface area contributed by atoms with E-state index >= 15 is 0 Å². The van der Waals surface area contributed by atoms with Gasteiger partial charge in [0, 0.05) is 23.7 Å². The Morgan fingerprint density at radius 1 is 1.24 bits per heavy atom. The molecule has 1 N–H and O–H groups in total. The average Bonchev–Trinajstić information content (AvgIpc) is 2.78. The zero-order valence-electron chi connectivity index (χ0n) is 10.3. The van der Waals surface area contributed by atoms with Crippen LogP contribution in [0, 0.1) is 0 Å². The SMILES string of the molecule is CNC(c1ccc(SC)cc1)c1cnn(C)c1. The summed E-state index contributed by atoms with van der Waals surface area (Å²) in [4.78, 5) is 1.29. The quantitative estimate of drug-likeness (QED) is 0.842. The van der Waals surface area contributed by atoms with Crippen LogP contribution in [0.1, 0.15) is 17.2 Å². The van der Waals surface area contributed by atoms with Gasteiger partial charge in [0.15, 0.2) is 0 Å². The normalized spacial score (nSPS) is 12.6. The Labute approximate surface area is 106 Å². The third kappa shape index (κ3) is 2.70. The Morgan fingerprint density at radius 3 is 2.41 bits per heavy atom. The number of thioether (sulfide) groups is 1. The van der Waals surface area contributed by atoms with E-state index in [0.29, 0.717) is 0 Å². The van der Waals surface area contributed by atoms with Gasteiger partial charge in [-0.15, -0.1) is 11.8 Å². The summed E-state index contributed by atoms with van der Waals surface area (Å²) in [7, 11) is 3.91. The molecule has 0 amide bonds. The predicted molar refractivity (Wildman–Crippen MR) is 72.3 cm³/mol. The first-order chi connectivity index (χ1) is 8.24. The zero-order chi connectivity index (χ0) is 12.3. The maximum atomic E-state index is 4.22. The lowest BCUT2D eigenvalue weighted by molar-refractivity contribution is 0.689. The Kier molecular flexibility index (Phi) is 3.86. The highest BCUT2D eigenvalue weighted by Crippen LogP contribution is 2.23. The van der Waals surface area contributed by atoms with Crippen LogP contribution < -0.4 is 5.32 Å². The number of nitrogens with one attached hydrogen (secondary N) is 1. The second-order valence-electron chi connectivity index (χ2n) is 3.94. The number of nitrogens with zero attached hydrogens (tertiary/aromatic N) is 2. The van der Waals surface area contributed by atoms with Gasteiger partial charge < -0.3 is 5.32 Å². The van der Waals surface area contributed by atoms with E-state index in [1.54, 1.807) is 11.8 Å². The standard InChI is InChI=1S/C13H17N3S/c1-14-13(11-8-15-16(2)9-11)10-4-6-12(17-3)7-5-10/h4-9,13-14H,1-3H3. The van der Waals surface area contributed by atoms with Crippen LogP contribution in [-0.4, -0.2) is 23.1 Å². The number of aromatic nitrogens is 2. The van der Waals surface area contributed by atoms with Gasteiger partial charge in [0.05, 0.1) is 12.2 Å². The molecule has 4 heteroatoms. The molecule has 0 aliphatic rings. The fourth-order valence-electron chi connectivity index (χ4n) is 1.91. The van der Waals surface area contributed by atoms with Crippen molar-refractivity contribution in [3.63, 3.8) is 0 Å². The molecule has 1 atom stereocenters. The largest absolute Gasteiger partial charge is 0.309 e. The third-order valence-corrected chi connectivity index (χ3v) is 3.54. The number of aryl methyl sites for hydroxylation is 1.